The zero-order valence-corrected chi connectivity index (χ0v) is 17.3. The molecule has 1 N–H and O–H groups in total. The first-order valence-corrected chi connectivity index (χ1v) is 10.3. The number of carbonyl (C=O) groups is 3. The smallest absolute Gasteiger partial charge is 0.325 e. The summed E-state index contributed by atoms with van der Waals surface area (Å²) in [6.45, 7) is 8.50. The molecule has 1 aromatic carbocycles. The van der Waals surface area contributed by atoms with Crippen LogP contribution >= 0.6 is 0 Å². The average molecular weight is 386 g/mol. The second-order valence-corrected chi connectivity index (χ2v) is 8.37. The average Bonchev–Trinajstić information content (AvgIpc) is 2.91. The molecule has 2 atom stereocenters. The van der Waals surface area contributed by atoms with E-state index in [2.05, 4.69) is 26.1 Å². The van der Waals surface area contributed by atoms with Crippen LogP contribution in [0.4, 0.5) is 4.79 Å². The summed E-state index contributed by atoms with van der Waals surface area (Å²) in [4.78, 5) is 41.4. The molecule has 2 aliphatic heterocycles. The number of urea groups is 1. The Labute approximate surface area is 167 Å². The van der Waals surface area contributed by atoms with Gasteiger partial charge in [0.1, 0.15) is 12.1 Å². The Morgan fingerprint density at radius 3 is 2.50 bits per heavy atom. The van der Waals surface area contributed by atoms with E-state index in [1.807, 2.05) is 29.2 Å². The van der Waals surface area contributed by atoms with Gasteiger partial charge in [-0.1, -0.05) is 45.0 Å². The van der Waals surface area contributed by atoms with E-state index >= 15 is 0 Å². The van der Waals surface area contributed by atoms with Crippen LogP contribution in [-0.2, 0) is 15.1 Å². The molecule has 1 aromatic rings. The zero-order valence-electron chi connectivity index (χ0n) is 17.3. The third kappa shape index (κ3) is 3.64. The molecule has 0 aliphatic carbocycles. The normalized spacial score (nSPS) is 25.4. The Bertz CT molecular complexity index is 759. The molecule has 0 unspecified atom stereocenters. The van der Waals surface area contributed by atoms with Gasteiger partial charge < -0.3 is 10.2 Å². The van der Waals surface area contributed by atoms with Gasteiger partial charge in [0.15, 0.2) is 0 Å². The van der Waals surface area contributed by atoms with Crippen LogP contribution in [0.2, 0.25) is 0 Å². The summed E-state index contributed by atoms with van der Waals surface area (Å²) in [6, 6.07) is 7.44. The maximum absolute atomic E-state index is 13.1. The maximum Gasteiger partial charge on any atom is 0.325 e. The van der Waals surface area contributed by atoms with Gasteiger partial charge in [0, 0.05) is 12.6 Å². The molecular weight excluding hydrogens is 354 g/mol. The number of nitrogens with one attached hydrogen (secondary N) is 1. The van der Waals surface area contributed by atoms with Crippen molar-refractivity contribution in [2.45, 2.75) is 70.9 Å². The molecule has 2 fully saturated rings. The van der Waals surface area contributed by atoms with E-state index in [0.717, 1.165) is 36.1 Å². The number of carbonyl (C=O) groups excluding carboxylic acids is 3. The van der Waals surface area contributed by atoms with Crippen molar-refractivity contribution >= 4 is 17.8 Å². The number of nitrogens with zero attached hydrogens (tertiary/aromatic N) is 2. The summed E-state index contributed by atoms with van der Waals surface area (Å²) in [5, 5.41) is 2.80. The lowest BCUT2D eigenvalue weighted by molar-refractivity contribution is -0.141. The molecule has 2 saturated heterocycles. The molecule has 4 amide bonds. The maximum atomic E-state index is 13.1. The van der Waals surface area contributed by atoms with Crippen molar-refractivity contribution in [3.05, 3.63) is 35.4 Å². The Hall–Kier alpha value is -2.37. The van der Waals surface area contributed by atoms with Crippen LogP contribution in [0.5, 0.6) is 0 Å². The summed E-state index contributed by atoms with van der Waals surface area (Å²) >= 11 is 0. The fraction of sp³-hybridized carbons (Fsp3) is 0.591. The fourth-order valence-electron chi connectivity index (χ4n) is 4.22. The molecule has 6 nitrogen and oxygen atoms in total. The number of hydrogen-bond acceptors (Lipinski definition) is 3. The van der Waals surface area contributed by atoms with Crippen molar-refractivity contribution in [1.82, 2.24) is 15.1 Å². The number of imide groups is 1. The minimum atomic E-state index is -1.14. The number of piperidine rings is 1. The number of likely N-dealkylation sites (tertiary alicyclic amines) is 1. The second-order valence-electron chi connectivity index (χ2n) is 8.37. The molecule has 0 aromatic heterocycles. The van der Waals surface area contributed by atoms with Gasteiger partial charge in [-0.25, -0.2) is 4.79 Å². The minimum Gasteiger partial charge on any atom is -0.338 e. The standard InChI is InChI=1S/C22H31N3O3/c1-5-18-8-6-7-13-24(18)19(26)14-25-20(27)22(4,23-21(25)28)17-11-9-16(10-12-17)15(2)3/h9-12,15,18H,5-8,13-14H2,1-4H3,(H,23,28)/t18-,22-/m1/s1. The Morgan fingerprint density at radius 1 is 1.21 bits per heavy atom. The van der Waals surface area contributed by atoms with Gasteiger partial charge in [-0.3, -0.25) is 14.5 Å². The van der Waals surface area contributed by atoms with Crippen molar-refractivity contribution in [3.8, 4) is 0 Å². The van der Waals surface area contributed by atoms with Crippen LogP contribution in [0.1, 0.15) is 70.4 Å². The van der Waals surface area contributed by atoms with Gasteiger partial charge in [0.05, 0.1) is 0 Å². The van der Waals surface area contributed by atoms with Crippen molar-refractivity contribution in [2.75, 3.05) is 13.1 Å². The molecule has 6 heteroatoms. The van der Waals surface area contributed by atoms with Crippen molar-refractivity contribution in [3.63, 3.8) is 0 Å². The van der Waals surface area contributed by atoms with Crippen LogP contribution in [0, 0.1) is 0 Å². The van der Waals surface area contributed by atoms with Crippen molar-refractivity contribution < 1.29 is 14.4 Å². The van der Waals surface area contributed by atoms with Crippen LogP contribution in [-0.4, -0.2) is 46.8 Å². The SMILES string of the molecule is CC[C@@H]1CCCCN1C(=O)CN1C(=O)N[C@](C)(c2ccc(C(C)C)cc2)C1=O. The first kappa shape index (κ1) is 20.4. The van der Waals surface area contributed by atoms with Crippen LogP contribution in [0.3, 0.4) is 0 Å². The second kappa shape index (κ2) is 7.94. The highest BCUT2D eigenvalue weighted by Gasteiger charge is 2.49. The van der Waals surface area contributed by atoms with E-state index < -0.39 is 11.6 Å². The Balaban J connectivity index is 1.76. The van der Waals surface area contributed by atoms with Crippen LogP contribution < -0.4 is 5.32 Å². The van der Waals surface area contributed by atoms with E-state index in [0.29, 0.717) is 12.5 Å². The topological polar surface area (TPSA) is 69.7 Å². The summed E-state index contributed by atoms with van der Waals surface area (Å²) < 4.78 is 0. The first-order chi connectivity index (χ1) is 13.3. The summed E-state index contributed by atoms with van der Waals surface area (Å²) in [7, 11) is 0. The third-order valence-corrected chi connectivity index (χ3v) is 6.14. The molecule has 0 radical (unpaired) electrons. The van der Waals surface area contributed by atoms with E-state index in [4.69, 9.17) is 0 Å². The van der Waals surface area contributed by atoms with E-state index in [1.54, 1.807) is 6.92 Å². The Morgan fingerprint density at radius 2 is 1.89 bits per heavy atom. The molecule has 0 bridgehead atoms. The number of rotatable bonds is 5. The molecule has 2 aliphatic rings. The van der Waals surface area contributed by atoms with Gasteiger partial charge in [-0.05, 0) is 49.7 Å². The van der Waals surface area contributed by atoms with Gasteiger partial charge in [-0.15, -0.1) is 0 Å². The lowest BCUT2D eigenvalue weighted by Gasteiger charge is -2.36. The monoisotopic (exact) mass is 385 g/mol. The Kier molecular flexibility index (Phi) is 5.77. The van der Waals surface area contributed by atoms with E-state index in [9.17, 15) is 14.4 Å². The van der Waals surface area contributed by atoms with Gasteiger partial charge >= 0.3 is 6.03 Å². The number of hydrogen-bond donors (Lipinski definition) is 1. The molecule has 0 saturated carbocycles. The fourth-order valence-corrected chi connectivity index (χ4v) is 4.22. The summed E-state index contributed by atoms with van der Waals surface area (Å²) in [5.74, 6) is -0.122. The van der Waals surface area contributed by atoms with Crippen LogP contribution in [0.15, 0.2) is 24.3 Å². The minimum absolute atomic E-state index is 0.144. The van der Waals surface area contributed by atoms with E-state index in [1.165, 1.54) is 5.56 Å². The van der Waals surface area contributed by atoms with Crippen LogP contribution in [0.25, 0.3) is 0 Å². The molecule has 152 valence electrons. The van der Waals surface area contributed by atoms with Crippen molar-refractivity contribution in [1.29, 1.82) is 0 Å². The van der Waals surface area contributed by atoms with E-state index in [-0.39, 0.29) is 24.4 Å². The first-order valence-electron chi connectivity index (χ1n) is 10.3. The molecule has 0 spiro atoms. The molecular formula is C22H31N3O3. The summed E-state index contributed by atoms with van der Waals surface area (Å²) in [6.07, 6.45) is 3.98. The highest BCUT2D eigenvalue weighted by atomic mass is 16.2. The van der Waals surface area contributed by atoms with Crippen molar-refractivity contribution in [2.24, 2.45) is 0 Å². The summed E-state index contributed by atoms with van der Waals surface area (Å²) in [5.41, 5.74) is 0.764. The van der Waals surface area contributed by atoms with Gasteiger partial charge in [0.2, 0.25) is 5.91 Å². The highest BCUT2D eigenvalue weighted by Crippen LogP contribution is 2.30. The number of benzene rings is 1. The highest BCUT2D eigenvalue weighted by molar-refractivity contribution is 6.09. The third-order valence-electron chi connectivity index (χ3n) is 6.14. The lowest BCUT2D eigenvalue weighted by Crippen LogP contribution is -2.49. The molecule has 3 rings (SSSR count). The molecule has 2 heterocycles. The number of amides is 4. The predicted molar refractivity (Wildman–Crippen MR) is 108 cm³/mol. The lowest BCUT2D eigenvalue weighted by atomic mass is 9.90. The van der Waals surface area contributed by atoms with Gasteiger partial charge in [0.25, 0.3) is 5.91 Å². The predicted octanol–water partition coefficient (Wildman–Crippen LogP) is 3.37. The van der Waals surface area contributed by atoms with Gasteiger partial charge in [-0.2, -0.15) is 0 Å². The molecule has 28 heavy (non-hydrogen) atoms. The largest absolute Gasteiger partial charge is 0.338 e. The zero-order chi connectivity index (χ0) is 20.5. The quantitative estimate of drug-likeness (QED) is 0.790.